The van der Waals surface area contributed by atoms with Gasteiger partial charge in [-0.2, -0.15) is 0 Å². The van der Waals surface area contributed by atoms with Gasteiger partial charge in [-0.25, -0.2) is 0 Å². The normalized spacial score (nSPS) is 42.0. The minimum absolute atomic E-state index is 0.0127. The molecular formula is C45H63BBrN4O4S4. The van der Waals surface area contributed by atoms with Gasteiger partial charge in [-0.15, -0.1) is 34.0 Å². The van der Waals surface area contributed by atoms with E-state index < -0.39 is 0 Å². The molecular weight excluding hydrogens is 880 g/mol. The van der Waals surface area contributed by atoms with Gasteiger partial charge in [0.25, 0.3) is 0 Å². The van der Waals surface area contributed by atoms with Gasteiger partial charge >= 0.3 is 24.8 Å². The van der Waals surface area contributed by atoms with Gasteiger partial charge in [0.2, 0.25) is 0 Å². The molecule has 12 bridgehead atoms. The molecule has 12 aliphatic rings. The van der Waals surface area contributed by atoms with Gasteiger partial charge in [0.1, 0.15) is 0 Å². The molecule has 59 heavy (non-hydrogen) atoms. The summed E-state index contributed by atoms with van der Waals surface area (Å²) in [6, 6.07) is 12.3. The number of carbonyl (C=O) groups is 1. The van der Waals surface area contributed by atoms with Crippen molar-refractivity contribution in [3.8, 4) is 0 Å². The molecule has 12 fully saturated rings. The van der Waals surface area contributed by atoms with Gasteiger partial charge in [-0.1, -0.05) is 12.1 Å². The molecule has 8 nitrogen and oxygen atoms in total. The van der Waals surface area contributed by atoms with E-state index in [4.69, 9.17) is 5.73 Å². The summed E-state index contributed by atoms with van der Waals surface area (Å²) < 4.78 is 3.90. The minimum atomic E-state index is -0.362. The molecule has 3 aromatic rings. The molecule has 0 amide bonds. The van der Waals surface area contributed by atoms with Gasteiger partial charge in [-0.05, 0) is 202 Å². The number of thiophene rings is 3. The molecule has 6 atom stereocenters. The maximum atomic E-state index is 10.7. The second kappa shape index (κ2) is 18.0. The quantitative estimate of drug-likeness (QED) is 0.0712. The van der Waals surface area contributed by atoms with Crippen LogP contribution in [0.3, 0.4) is 0 Å². The third-order valence-electron chi connectivity index (χ3n) is 15.3. The van der Waals surface area contributed by atoms with Crippen LogP contribution in [0.25, 0.3) is 0 Å². The first kappa shape index (κ1) is 44.8. The molecule has 0 aromatic carbocycles. The van der Waals surface area contributed by atoms with Gasteiger partial charge in [0.15, 0.2) is 6.29 Å². The maximum absolute atomic E-state index is 10.7. The monoisotopic (exact) mass is 941 g/mol. The van der Waals surface area contributed by atoms with Crippen LogP contribution in [-0.2, 0) is 13.1 Å². The number of rotatable bonds is 7. The Bertz CT molecular complexity index is 1820. The van der Waals surface area contributed by atoms with Crippen molar-refractivity contribution in [3.63, 3.8) is 0 Å². The molecule has 0 saturated heterocycles. The Kier molecular flexibility index (Phi) is 13.7. The number of nitrogens with two attached hydrogens (primary N) is 1. The summed E-state index contributed by atoms with van der Waals surface area (Å²) in [6.07, 6.45) is 21.5. The Hall–Kier alpha value is -0.775. The number of hydrogen-bond donors (Lipinski definition) is 7. The fraction of sp³-hybridized carbons (Fsp3) is 0.711. The molecule has 15 rings (SSSR count). The molecule has 12 aliphatic carbocycles. The Morgan fingerprint density at radius 1 is 0.695 bits per heavy atom. The van der Waals surface area contributed by atoms with E-state index in [1.165, 1.54) is 82.7 Å². The van der Waals surface area contributed by atoms with Crippen molar-refractivity contribution in [3.05, 3.63) is 65.6 Å². The number of thiol groups is 1. The van der Waals surface area contributed by atoms with Crippen molar-refractivity contribution in [2.24, 2.45) is 45.5 Å². The molecule has 0 spiro atoms. The first-order valence-corrected chi connectivity index (χ1v) is 25.6. The average Bonchev–Trinajstić information content (AvgIpc) is 3.92. The van der Waals surface area contributed by atoms with Crippen LogP contribution in [-0.4, -0.2) is 62.7 Å². The van der Waals surface area contributed by atoms with Crippen molar-refractivity contribution in [2.75, 3.05) is 0 Å². The van der Waals surface area contributed by atoms with Crippen molar-refractivity contribution in [1.82, 2.24) is 10.6 Å². The van der Waals surface area contributed by atoms with Crippen LogP contribution in [0.5, 0.6) is 0 Å². The predicted molar refractivity (Wildman–Crippen MR) is 248 cm³/mol. The van der Waals surface area contributed by atoms with E-state index in [1.54, 1.807) is 6.07 Å². The van der Waals surface area contributed by atoms with Crippen LogP contribution in [0.4, 0.5) is 0 Å². The fourth-order valence-electron chi connectivity index (χ4n) is 14.9. The summed E-state index contributed by atoms with van der Waals surface area (Å²) in [6.45, 7) is 1.93. The Morgan fingerprint density at radius 2 is 1.14 bits per heavy atom. The molecule has 3 aromatic heterocycles. The predicted octanol–water partition coefficient (Wildman–Crippen LogP) is 9.38. The number of halogens is 1. The van der Waals surface area contributed by atoms with Gasteiger partial charge in [0, 0.05) is 39.5 Å². The van der Waals surface area contributed by atoms with E-state index in [1.807, 2.05) is 34.1 Å². The molecule has 14 heteroatoms. The average molecular weight is 943 g/mol. The second-order valence-electron chi connectivity index (χ2n) is 20.7. The van der Waals surface area contributed by atoms with E-state index in [9.17, 15) is 20.1 Å². The summed E-state index contributed by atoms with van der Waals surface area (Å²) in [5.41, 5.74) is 5.66. The molecule has 7 N–H and O–H groups in total. The summed E-state index contributed by atoms with van der Waals surface area (Å²) in [5, 5.41) is 43.2. The Morgan fingerprint density at radius 3 is 1.47 bits per heavy atom. The zero-order valence-electron chi connectivity index (χ0n) is 34.2. The van der Waals surface area contributed by atoms with E-state index in [0.717, 1.165) is 118 Å². The topological polar surface area (TPSA) is 140 Å². The number of aliphatic hydroxyl groups is 3. The molecule has 6 unspecified atom stereocenters. The fourth-order valence-corrected chi connectivity index (χ4v) is 17.5. The Labute approximate surface area is 378 Å². The van der Waals surface area contributed by atoms with Crippen molar-refractivity contribution >= 4 is 76.7 Å². The first-order chi connectivity index (χ1) is 28.1. The van der Waals surface area contributed by atoms with Crippen molar-refractivity contribution < 1.29 is 20.1 Å². The SMILES string of the molecule is NC12CC3CC(C1)CC(O)(C3)C2.O=Cc1cccs1.OC12CC3CC(C1)CC(NCc1ccc(Br)s1)(C3)C2.OC12CC3CC(C1)CC(NCc1cccs1)(C3)C2.[B]=NS. The van der Waals surface area contributed by atoms with Gasteiger partial charge in [0.05, 0.1) is 25.5 Å². The summed E-state index contributed by atoms with van der Waals surface area (Å²) in [4.78, 5) is 13.5. The summed E-state index contributed by atoms with van der Waals surface area (Å²) in [5.74, 6) is 4.53. The van der Waals surface area contributed by atoms with Crippen LogP contribution in [0.15, 0.2) is 55.2 Å². The third-order valence-corrected chi connectivity index (χ3v) is 18.6. The van der Waals surface area contributed by atoms with Crippen LogP contribution in [0.1, 0.15) is 135 Å². The number of carbonyl (C=O) groups excluding carboxylic acids is 1. The zero-order valence-corrected chi connectivity index (χ0v) is 39.1. The van der Waals surface area contributed by atoms with Crippen LogP contribution >= 0.6 is 62.8 Å². The van der Waals surface area contributed by atoms with E-state index in [0.29, 0.717) is 0 Å². The van der Waals surface area contributed by atoms with Gasteiger partial charge < -0.3 is 31.7 Å². The van der Waals surface area contributed by atoms with Crippen molar-refractivity contribution in [1.29, 1.82) is 0 Å². The molecule has 0 aliphatic heterocycles. The van der Waals surface area contributed by atoms with E-state index in [2.05, 4.69) is 81.0 Å². The van der Waals surface area contributed by atoms with Crippen LogP contribution < -0.4 is 16.4 Å². The van der Waals surface area contributed by atoms with E-state index in [-0.39, 0.29) is 33.4 Å². The second-order valence-corrected chi connectivity index (χ2v) is 25.5. The Balaban J connectivity index is 0.000000112. The number of nitrogens with zero attached hydrogens (tertiary/aromatic N) is 1. The van der Waals surface area contributed by atoms with Crippen LogP contribution in [0, 0.1) is 35.5 Å². The third kappa shape index (κ3) is 11.0. The standard InChI is InChI=1S/C15H20BrNOS.C15H21NOS.C10H17NO.C5H4OS.BHNS/c16-13-2-1-12(19-13)8-17-14-4-10-3-11(5-14)7-15(18,6-10)9-14;17-15-7-11-4-12(8-15)6-14(5-11,10-15)16-9-13-2-1-3-18-13;11-9-2-7-1-8(3-9)5-10(12,4-7)6-9;6-4-5-2-1-3-7-5;1-2-3/h1-2,10-11,17-18H,3-9H2;1-3,11-12,16-17H,4-10H2;7-8,12H,1-6,11H2;1-4H;3H. The molecule has 3 heterocycles. The number of hydrogen-bond acceptors (Lipinski definition) is 12. The molecule has 12 saturated carbocycles. The number of nitrogens with one attached hydrogen (secondary N) is 2. The zero-order chi connectivity index (χ0) is 41.5. The summed E-state index contributed by atoms with van der Waals surface area (Å²) in [7, 11) is 4.34. The van der Waals surface area contributed by atoms with Gasteiger partial charge in [-0.3, -0.25) is 4.79 Å². The first-order valence-electron chi connectivity index (χ1n) is 21.9. The van der Waals surface area contributed by atoms with Crippen LogP contribution in [0.2, 0.25) is 0 Å². The van der Waals surface area contributed by atoms with E-state index >= 15 is 0 Å². The molecule has 1 radical (unpaired) electrons. The van der Waals surface area contributed by atoms with Crippen molar-refractivity contribution in [2.45, 2.75) is 162 Å². The molecule has 321 valence electrons. The number of aldehydes is 1. The summed E-state index contributed by atoms with van der Waals surface area (Å²) >= 11 is 11.8.